The second kappa shape index (κ2) is 8.07. The van der Waals surface area contributed by atoms with Gasteiger partial charge in [0.15, 0.2) is 24.1 Å². The quantitative estimate of drug-likeness (QED) is 0.394. The number of rotatable bonds is 5. The maximum Gasteiger partial charge on any atom is 0.303 e. The van der Waals surface area contributed by atoms with Gasteiger partial charge in [-0.15, -0.1) is 0 Å². The number of ether oxygens (including phenoxy) is 4. The Kier molecular flexibility index (Phi) is 5.75. The van der Waals surface area contributed by atoms with Crippen LogP contribution in [0.1, 0.15) is 27.0 Å². The average Bonchev–Trinajstić information content (AvgIpc) is 3.14. The molecule has 3 heterocycles. The third-order valence-electron chi connectivity index (χ3n) is 3.90. The zero-order valence-electron chi connectivity index (χ0n) is 15.2. The molecule has 0 aliphatic carbocycles. The van der Waals surface area contributed by atoms with Crippen molar-refractivity contribution in [3.63, 3.8) is 0 Å². The molecule has 28 heavy (non-hydrogen) atoms. The summed E-state index contributed by atoms with van der Waals surface area (Å²) in [6.07, 6.45) is -1.04. The van der Waals surface area contributed by atoms with Crippen LogP contribution in [-0.2, 0) is 33.3 Å². The predicted octanol–water partition coefficient (Wildman–Crippen LogP) is 0.804. The zero-order valence-corrected chi connectivity index (χ0v) is 16.0. The lowest BCUT2D eigenvalue weighted by atomic mass is 10.1. The van der Waals surface area contributed by atoms with Gasteiger partial charge < -0.3 is 18.9 Å². The van der Waals surface area contributed by atoms with Crippen LogP contribution in [-0.4, -0.2) is 62.3 Å². The summed E-state index contributed by atoms with van der Waals surface area (Å²) in [5.74, 6) is -1.76. The molecule has 1 fully saturated rings. The molecule has 1 aliphatic rings. The second-order valence-electron chi connectivity index (χ2n) is 6.02. The molecule has 1 unspecified atom stereocenters. The number of esters is 3. The van der Waals surface area contributed by atoms with Crippen LogP contribution >= 0.6 is 11.6 Å². The molecular weight excluding hydrogens is 396 g/mol. The van der Waals surface area contributed by atoms with Gasteiger partial charge in [0.05, 0.1) is 12.5 Å². The number of aromatic nitrogens is 4. The minimum atomic E-state index is -1.03. The van der Waals surface area contributed by atoms with Crippen molar-refractivity contribution in [2.75, 3.05) is 6.61 Å². The molecule has 1 aliphatic heterocycles. The van der Waals surface area contributed by atoms with E-state index in [1.807, 2.05) is 0 Å². The second-order valence-corrected chi connectivity index (χ2v) is 6.35. The number of imidazole rings is 1. The van der Waals surface area contributed by atoms with E-state index in [4.69, 9.17) is 30.5 Å². The molecule has 11 nitrogen and oxygen atoms in total. The molecule has 2 aromatic heterocycles. The summed E-state index contributed by atoms with van der Waals surface area (Å²) >= 11 is 5.87. The van der Waals surface area contributed by atoms with E-state index in [0.717, 1.165) is 0 Å². The molecule has 0 spiro atoms. The molecule has 1 saturated heterocycles. The average molecular weight is 413 g/mol. The lowest BCUT2D eigenvalue weighted by Gasteiger charge is -2.23. The van der Waals surface area contributed by atoms with Crippen LogP contribution in [0, 0.1) is 0 Å². The highest BCUT2D eigenvalue weighted by Gasteiger charge is 2.51. The number of nitrogens with zero attached hydrogens (tertiary/aromatic N) is 4. The van der Waals surface area contributed by atoms with Gasteiger partial charge in [-0.2, -0.15) is 4.98 Å². The number of hydrogen-bond acceptors (Lipinski definition) is 10. The van der Waals surface area contributed by atoms with Gasteiger partial charge in [-0.3, -0.25) is 19.0 Å². The Morgan fingerprint density at radius 3 is 2.43 bits per heavy atom. The number of halogens is 1. The molecule has 150 valence electrons. The SMILES string of the molecule is CC(=O)OC[C@H]1O[C@@H](n2cnc3cnc(Cl)nc32)[C@@H](OC(C)=O)C1OC(C)=O. The van der Waals surface area contributed by atoms with Crippen molar-refractivity contribution >= 4 is 40.7 Å². The van der Waals surface area contributed by atoms with Gasteiger partial charge >= 0.3 is 17.9 Å². The standard InChI is InChI=1S/C16H17ClN4O7/c1-7(22)25-5-11-12(26-8(2)23)13(27-9(3)24)15(28-11)21-6-19-10-4-18-16(17)20-14(10)21/h4,6,11-13,15H,5H2,1-3H3/t11-,12?,13+,15-/m1/s1. The molecule has 0 amide bonds. The van der Waals surface area contributed by atoms with Crippen LogP contribution in [0.5, 0.6) is 0 Å². The van der Waals surface area contributed by atoms with E-state index < -0.39 is 42.4 Å². The zero-order chi connectivity index (χ0) is 20.4. The Balaban J connectivity index is 2.00. The van der Waals surface area contributed by atoms with Crippen LogP contribution in [0.4, 0.5) is 0 Å². The predicted molar refractivity (Wildman–Crippen MR) is 92.0 cm³/mol. The maximum absolute atomic E-state index is 11.7. The molecule has 2 aromatic rings. The van der Waals surface area contributed by atoms with Crippen LogP contribution in [0.15, 0.2) is 12.5 Å². The van der Waals surface area contributed by atoms with Crippen molar-refractivity contribution in [2.45, 2.75) is 45.3 Å². The Morgan fingerprint density at radius 2 is 1.79 bits per heavy atom. The van der Waals surface area contributed by atoms with E-state index in [1.165, 1.54) is 37.9 Å². The Bertz CT molecular complexity index is 918. The van der Waals surface area contributed by atoms with Crippen molar-refractivity contribution in [3.8, 4) is 0 Å². The first-order valence-electron chi connectivity index (χ1n) is 8.24. The van der Waals surface area contributed by atoms with Gasteiger partial charge in [0.25, 0.3) is 0 Å². The molecule has 0 bridgehead atoms. The number of carbonyl (C=O) groups excluding carboxylic acids is 3. The maximum atomic E-state index is 11.7. The van der Waals surface area contributed by atoms with E-state index in [0.29, 0.717) is 11.2 Å². The van der Waals surface area contributed by atoms with E-state index in [2.05, 4.69) is 15.0 Å². The molecule has 0 aromatic carbocycles. The van der Waals surface area contributed by atoms with Gasteiger partial charge in [-0.1, -0.05) is 0 Å². The molecular formula is C16H17ClN4O7. The van der Waals surface area contributed by atoms with E-state index in [9.17, 15) is 14.4 Å². The summed E-state index contributed by atoms with van der Waals surface area (Å²) < 4.78 is 23.1. The van der Waals surface area contributed by atoms with Gasteiger partial charge in [0.1, 0.15) is 18.2 Å². The summed E-state index contributed by atoms with van der Waals surface area (Å²) in [4.78, 5) is 46.6. The van der Waals surface area contributed by atoms with Crippen molar-refractivity contribution in [1.29, 1.82) is 0 Å². The molecule has 12 heteroatoms. The Morgan fingerprint density at radius 1 is 1.11 bits per heavy atom. The van der Waals surface area contributed by atoms with Gasteiger partial charge in [0, 0.05) is 20.8 Å². The van der Waals surface area contributed by atoms with Crippen molar-refractivity contribution in [3.05, 3.63) is 17.8 Å². The highest BCUT2D eigenvalue weighted by molar-refractivity contribution is 6.28. The minimum Gasteiger partial charge on any atom is -0.463 e. The van der Waals surface area contributed by atoms with Crippen molar-refractivity contribution in [1.82, 2.24) is 19.5 Å². The van der Waals surface area contributed by atoms with Gasteiger partial charge in [-0.25, -0.2) is 9.97 Å². The van der Waals surface area contributed by atoms with Crippen LogP contribution in [0.25, 0.3) is 11.2 Å². The smallest absolute Gasteiger partial charge is 0.303 e. The third kappa shape index (κ3) is 4.20. The first-order valence-corrected chi connectivity index (χ1v) is 8.62. The van der Waals surface area contributed by atoms with Crippen LogP contribution in [0.3, 0.4) is 0 Å². The van der Waals surface area contributed by atoms with E-state index in [-0.39, 0.29) is 11.9 Å². The third-order valence-corrected chi connectivity index (χ3v) is 4.08. The molecule has 0 saturated carbocycles. The van der Waals surface area contributed by atoms with Gasteiger partial charge in [-0.05, 0) is 11.6 Å². The Labute approximate surface area is 163 Å². The van der Waals surface area contributed by atoms with Crippen molar-refractivity contribution < 1.29 is 33.3 Å². The fraction of sp³-hybridized carbons (Fsp3) is 0.500. The summed E-state index contributed by atoms with van der Waals surface area (Å²) in [6.45, 7) is 3.45. The fourth-order valence-corrected chi connectivity index (χ4v) is 3.04. The largest absolute Gasteiger partial charge is 0.463 e. The molecule has 0 N–H and O–H groups in total. The van der Waals surface area contributed by atoms with Crippen LogP contribution < -0.4 is 0 Å². The normalized spacial score (nSPS) is 24.1. The number of hydrogen-bond donors (Lipinski definition) is 0. The van der Waals surface area contributed by atoms with E-state index >= 15 is 0 Å². The first kappa shape index (κ1) is 20.0. The van der Waals surface area contributed by atoms with Gasteiger partial charge in [0.2, 0.25) is 5.28 Å². The van der Waals surface area contributed by atoms with Crippen molar-refractivity contribution in [2.24, 2.45) is 0 Å². The van der Waals surface area contributed by atoms with E-state index in [1.54, 1.807) is 0 Å². The molecule has 0 radical (unpaired) electrons. The minimum absolute atomic E-state index is 0.00992. The summed E-state index contributed by atoms with van der Waals surface area (Å²) in [5, 5.41) is -0.00992. The number of fused-ring (bicyclic) bond motifs is 1. The highest BCUT2D eigenvalue weighted by Crippen LogP contribution is 2.35. The lowest BCUT2D eigenvalue weighted by Crippen LogP contribution is -2.40. The summed E-state index contributed by atoms with van der Waals surface area (Å²) in [6, 6.07) is 0. The topological polar surface area (TPSA) is 132 Å². The molecule has 4 atom stereocenters. The summed E-state index contributed by atoms with van der Waals surface area (Å²) in [5.41, 5.74) is 0.763. The number of carbonyl (C=O) groups is 3. The monoisotopic (exact) mass is 412 g/mol. The van der Waals surface area contributed by atoms with Crippen LogP contribution in [0.2, 0.25) is 5.28 Å². The fourth-order valence-electron chi connectivity index (χ4n) is 2.91. The first-order chi connectivity index (χ1) is 13.3. The highest BCUT2D eigenvalue weighted by atomic mass is 35.5. The lowest BCUT2D eigenvalue weighted by molar-refractivity contribution is -0.166. The summed E-state index contributed by atoms with van der Waals surface area (Å²) in [7, 11) is 0. The molecule has 3 rings (SSSR count). The Hall–Kier alpha value is -2.79.